The van der Waals surface area contributed by atoms with Crippen LogP contribution in [0, 0.1) is 6.92 Å². The molecule has 124 valence electrons. The lowest BCUT2D eigenvalue weighted by atomic mass is 9.97. The summed E-state index contributed by atoms with van der Waals surface area (Å²) in [5, 5.41) is 3.94. The normalized spacial score (nSPS) is 11.4. The third-order valence-corrected chi connectivity index (χ3v) is 3.93. The van der Waals surface area contributed by atoms with Crippen molar-refractivity contribution in [1.29, 1.82) is 0 Å². The lowest BCUT2D eigenvalue weighted by Crippen LogP contribution is -2.01. The Morgan fingerprint density at radius 1 is 1.12 bits per heavy atom. The van der Waals surface area contributed by atoms with E-state index in [1.807, 2.05) is 55.5 Å². The van der Waals surface area contributed by atoms with Crippen molar-refractivity contribution in [2.75, 3.05) is 7.11 Å². The number of rotatable bonds is 7. The van der Waals surface area contributed by atoms with Crippen LogP contribution in [0.15, 0.2) is 53.6 Å². The van der Waals surface area contributed by atoms with Crippen LogP contribution in [0.1, 0.15) is 41.1 Å². The molecule has 0 aromatic heterocycles. The van der Waals surface area contributed by atoms with Gasteiger partial charge in [0.1, 0.15) is 0 Å². The summed E-state index contributed by atoms with van der Waals surface area (Å²) in [5.74, 6) is -0.186. The van der Waals surface area contributed by atoms with Crippen LogP contribution in [-0.2, 0) is 16.0 Å². The lowest BCUT2D eigenvalue weighted by Gasteiger charge is -2.13. The minimum absolute atomic E-state index is 0.186. The van der Waals surface area contributed by atoms with Gasteiger partial charge in [-0.05, 0) is 42.0 Å². The Kier molecular flexibility index (Phi) is 6.41. The topological polar surface area (TPSA) is 75.1 Å². The van der Waals surface area contributed by atoms with Gasteiger partial charge in [0.25, 0.3) is 0 Å². The maximum absolute atomic E-state index is 11.1. The first-order valence-electron chi connectivity index (χ1n) is 7.90. The van der Waals surface area contributed by atoms with Gasteiger partial charge in [-0.1, -0.05) is 59.2 Å². The lowest BCUT2D eigenvalue weighted by molar-refractivity contribution is -0.140. The van der Waals surface area contributed by atoms with Crippen LogP contribution in [0.2, 0.25) is 0 Å². The highest BCUT2D eigenvalue weighted by Gasteiger charge is 2.12. The number of methoxy groups -OCH3 is 1. The number of hydrogen-bond donors (Lipinski definition) is 0. The third-order valence-electron chi connectivity index (χ3n) is 3.93. The van der Waals surface area contributed by atoms with Gasteiger partial charge in [0.05, 0.1) is 13.2 Å². The molecule has 0 bridgehead atoms. The van der Waals surface area contributed by atoms with E-state index in [2.05, 4.69) is 14.8 Å². The first kappa shape index (κ1) is 17.6. The molecule has 0 aliphatic rings. The second-order valence-corrected chi connectivity index (χ2v) is 5.69. The number of carbonyl (C=O) groups is 1. The summed E-state index contributed by atoms with van der Waals surface area (Å²) in [5.41, 5.74) is 13.1. The van der Waals surface area contributed by atoms with Gasteiger partial charge in [0.15, 0.2) is 0 Å². The monoisotopic (exact) mass is 323 g/mol. The number of carbonyl (C=O) groups excluding carboxylic acids is 1. The van der Waals surface area contributed by atoms with Crippen LogP contribution in [-0.4, -0.2) is 13.1 Å². The zero-order valence-electron chi connectivity index (χ0n) is 14.0. The molecule has 0 spiro atoms. The van der Waals surface area contributed by atoms with E-state index in [1.165, 1.54) is 12.7 Å². The van der Waals surface area contributed by atoms with Gasteiger partial charge in [-0.15, -0.1) is 0 Å². The number of esters is 1. The van der Waals surface area contributed by atoms with Gasteiger partial charge >= 0.3 is 5.97 Å². The van der Waals surface area contributed by atoms with Gasteiger partial charge in [-0.3, -0.25) is 4.79 Å². The number of azide groups is 1. The summed E-state index contributed by atoms with van der Waals surface area (Å²) in [4.78, 5) is 14.1. The summed E-state index contributed by atoms with van der Waals surface area (Å²) in [6, 6.07) is 15.6. The van der Waals surface area contributed by atoms with Crippen molar-refractivity contribution >= 4 is 5.97 Å². The molecular formula is C19H21N3O2. The van der Waals surface area contributed by atoms with E-state index in [4.69, 9.17) is 5.53 Å². The molecule has 5 heteroatoms. The van der Waals surface area contributed by atoms with Crippen molar-refractivity contribution in [3.8, 4) is 0 Å². The zero-order valence-corrected chi connectivity index (χ0v) is 14.0. The van der Waals surface area contributed by atoms with Crippen LogP contribution in [0.3, 0.4) is 0 Å². The minimum Gasteiger partial charge on any atom is -0.469 e. The highest BCUT2D eigenvalue weighted by molar-refractivity contribution is 5.69. The summed E-state index contributed by atoms with van der Waals surface area (Å²) in [7, 11) is 1.40. The standard InChI is InChI=1S/C19H21N3O2/c1-14-6-10-16(11-7-14)19(21-22-20)17-12-8-15(9-13-17)4-3-5-18(23)24-2/h6-13,19H,3-5H2,1-2H3. The van der Waals surface area contributed by atoms with E-state index in [-0.39, 0.29) is 12.0 Å². The van der Waals surface area contributed by atoms with Crippen LogP contribution in [0.4, 0.5) is 0 Å². The predicted molar refractivity (Wildman–Crippen MR) is 93.6 cm³/mol. The molecule has 2 aromatic carbocycles. The van der Waals surface area contributed by atoms with Crippen molar-refractivity contribution < 1.29 is 9.53 Å². The molecule has 1 atom stereocenters. The second kappa shape index (κ2) is 8.75. The largest absolute Gasteiger partial charge is 0.469 e. The molecule has 5 nitrogen and oxygen atoms in total. The molecule has 0 fully saturated rings. The molecule has 24 heavy (non-hydrogen) atoms. The molecule has 0 aliphatic heterocycles. The Bertz CT molecular complexity index is 717. The minimum atomic E-state index is -0.334. The summed E-state index contributed by atoms with van der Waals surface area (Å²) in [6.07, 6.45) is 1.98. The molecule has 2 rings (SSSR count). The highest BCUT2D eigenvalue weighted by Crippen LogP contribution is 2.27. The van der Waals surface area contributed by atoms with Gasteiger partial charge < -0.3 is 4.74 Å². The SMILES string of the molecule is COC(=O)CCCc1ccc(C(N=[N+]=[N-])c2ccc(C)cc2)cc1. The van der Waals surface area contributed by atoms with Crippen LogP contribution in [0.5, 0.6) is 0 Å². The number of ether oxygens (including phenoxy) is 1. The van der Waals surface area contributed by atoms with E-state index in [9.17, 15) is 4.79 Å². The highest BCUT2D eigenvalue weighted by atomic mass is 16.5. The Morgan fingerprint density at radius 3 is 2.25 bits per heavy atom. The average Bonchev–Trinajstić information content (AvgIpc) is 2.61. The van der Waals surface area contributed by atoms with Crippen molar-refractivity contribution in [2.45, 2.75) is 32.2 Å². The van der Waals surface area contributed by atoms with Crippen LogP contribution in [0.25, 0.3) is 10.4 Å². The van der Waals surface area contributed by atoms with Crippen molar-refractivity contribution in [3.05, 3.63) is 81.2 Å². The Labute approximate surface area is 141 Å². The Morgan fingerprint density at radius 2 is 1.71 bits per heavy atom. The smallest absolute Gasteiger partial charge is 0.305 e. The van der Waals surface area contributed by atoms with Crippen LogP contribution < -0.4 is 0 Å². The van der Waals surface area contributed by atoms with E-state index < -0.39 is 0 Å². The number of nitrogens with zero attached hydrogens (tertiary/aromatic N) is 3. The van der Waals surface area contributed by atoms with E-state index >= 15 is 0 Å². The molecule has 0 aliphatic carbocycles. The quantitative estimate of drug-likeness (QED) is 0.315. The van der Waals surface area contributed by atoms with E-state index in [1.54, 1.807) is 0 Å². The molecular weight excluding hydrogens is 302 g/mol. The first-order valence-corrected chi connectivity index (χ1v) is 7.90. The molecule has 0 saturated heterocycles. The van der Waals surface area contributed by atoms with Crippen molar-refractivity contribution in [3.63, 3.8) is 0 Å². The number of aryl methyl sites for hydroxylation is 2. The molecule has 0 amide bonds. The average molecular weight is 323 g/mol. The molecule has 2 aromatic rings. The zero-order chi connectivity index (χ0) is 17.4. The fourth-order valence-electron chi connectivity index (χ4n) is 2.53. The van der Waals surface area contributed by atoms with Crippen LogP contribution >= 0.6 is 0 Å². The first-order chi connectivity index (χ1) is 11.6. The van der Waals surface area contributed by atoms with Gasteiger partial charge in [-0.2, -0.15) is 0 Å². The maximum Gasteiger partial charge on any atom is 0.305 e. The molecule has 0 saturated carbocycles. The van der Waals surface area contributed by atoms with Crippen molar-refractivity contribution in [1.82, 2.24) is 0 Å². The second-order valence-electron chi connectivity index (χ2n) is 5.69. The third kappa shape index (κ3) is 4.86. The molecule has 0 heterocycles. The Hall–Kier alpha value is -2.78. The number of hydrogen-bond acceptors (Lipinski definition) is 3. The molecule has 0 N–H and O–H groups in total. The van der Waals surface area contributed by atoms with Crippen molar-refractivity contribution in [2.24, 2.45) is 5.11 Å². The molecule has 1 unspecified atom stereocenters. The molecule has 0 radical (unpaired) electrons. The van der Waals surface area contributed by atoms with Gasteiger partial charge in [0, 0.05) is 11.3 Å². The van der Waals surface area contributed by atoms with E-state index in [0.717, 1.165) is 29.5 Å². The Balaban J connectivity index is 2.10. The van der Waals surface area contributed by atoms with Gasteiger partial charge in [-0.25, -0.2) is 0 Å². The fraction of sp³-hybridized carbons (Fsp3) is 0.316. The number of benzene rings is 2. The summed E-state index contributed by atoms with van der Waals surface area (Å²) in [6.45, 7) is 2.02. The predicted octanol–water partition coefficient (Wildman–Crippen LogP) is 4.89. The van der Waals surface area contributed by atoms with E-state index in [0.29, 0.717) is 6.42 Å². The summed E-state index contributed by atoms with van der Waals surface area (Å²) < 4.78 is 4.64. The summed E-state index contributed by atoms with van der Waals surface area (Å²) >= 11 is 0. The fourth-order valence-corrected chi connectivity index (χ4v) is 2.53. The maximum atomic E-state index is 11.1. The van der Waals surface area contributed by atoms with Gasteiger partial charge in [0.2, 0.25) is 0 Å².